The van der Waals surface area contributed by atoms with Crippen molar-refractivity contribution < 1.29 is 9.90 Å². The van der Waals surface area contributed by atoms with E-state index >= 15 is 0 Å². The third kappa shape index (κ3) is 3.86. The second kappa shape index (κ2) is 5.32. The molecule has 3 nitrogen and oxygen atoms in total. The van der Waals surface area contributed by atoms with Crippen molar-refractivity contribution in [2.75, 3.05) is 0 Å². The van der Waals surface area contributed by atoms with Gasteiger partial charge in [0.15, 0.2) is 0 Å². The van der Waals surface area contributed by atoms with Crippen LogP contribution in [0.4, 0.5) is 0 Å². The molecule has 94 valence electrons. The Labute approximate surface area is 103 Å². The summed E-state index contributed by atoms with van der Waals surface area (Å²) in [6, 6.07) is 8.73. The minimum Gasteiger partial charge on any atom is -0.480 e. The number of aliphatic carboxylic acids is 1. The van der Waals surface area contributed by atoms with Gasteiger partial charge in [-0.3, -0.25) is 10.1 Å². The standard InChI is InChI=1S/C14H21NO2/c1-10(14(2,3)4)15-12(13(16)17)11-8-6-5-7-9-11/h5-10,12,15H,1-4H3,(H,16,17). The molecule has 0 saturated carbocycles. The Bertz CT molecular complexity index is 368. The maximum Gasteiger partial charge on any atom is 0.325 e. The summed E-state index contributed by atoms with van der Waals surface area (Å²) in [6.45, 7) is 8.29. The molecule has 17 heavy (non-hydrogen) atoms. The van der Waals surface area contributed by atoms with E-state index in [1.165, 1.54) is 0 Å². The van der Waals surface area contributed by atoms with Gasteiger partial charge in [-0.05, 0) is 17.9 Å². The van der Waals surface area contributed by atoms with Crippen molar-refractivity contribution in [2.24, 2.45) is 5.41 Å². The van der Waals surface area contributed by atoms with E-state index in [0.717, 1.165) is 5.56 Å². The number of hydrogen-bond donors (Lipinski definition) is 2. The summed E-state index contributed by atoms with van der Waals surface area (Å²) in [5.41, 5.74) is 0.818. The van der Waals surface area contributed by atoms with Crippen molar-refractivity contribution in [1.82, 2.24) is 5.32 Å². The van der Waals surface area contributed by atoms with Gasteiger partial charge in [-0.25, -0.2) is 0 Å². The summed E-state index contributed by atoms with van der Waals surface area (Å²) in [7, 11) is 0. The lowest BCUT2D eigenvalue weighted by Gasteiger charge is -2.31. The molecular weight excluding hydrogens is 214 g/mol. The molecule has 2 unspecified atom stereocenters. The molecule has 2 atom stereocenters. The first-order chi connectivity index (χ1) is 7.82. The smallest absolute Gasteiger partial charge is 0.325 e. The van der Waals surface area contributed by atoms with E-state index in [0.29, 0.717) is 0 Å². The fourth-order valence-electron chi connectivity index (χ4n) is 1.46. The molecule has 0 aliphatic carbocycles. The normalized spacial score (nSPS) is 15.3. The fraction of sp³-hybridized carbons (Fsp3) is 0.500. The Kier molecular flexibility index (Phi) is 4.29. The summed E-state index contributed by atoms with van der Waals surface area (Å²) in [4.78, 5) is 11.3. The number of hydrogen-bond acceptors (Lipinski definition) is 2. The van der Waals surface area contributed by atoms with Gasteiger partial charge in [0.1, 0.15) is 6.04 Å². The summed E-state index contributed by atoms with van der Waals surface area (Å²) in [5.74, 6) is -0.840. The van der Waals surface area contributed by atoms with Crippen molar-refractivity contribution in [1.29, 1.82) is 0 Å². The highest BCUT2D eigenvalue weighted by molar-refractivity contribution is 5.75. The molecule has 1 aromatic carbocycles. The van der Waals surface area contributed by atoms with Gasteiger partial charge in [-0.2, -0.15) is 0 Å². The van der Waals surface area contributed by atoms with Crippen molar-refractivity contribution in [3.05, 3.63) is 35.9 Å². The van der Waals surface area contributed by atoms with Crippen LogP contribution in [0.25, 0.3) is 0 Å². The van der Waals surface area contributed by atoms with Crippen LogP contribution in [-0.4, -0.2) is 17.1 Å². The molecule has 0 fully saturated rings. The van der Waals surface area contributed by atoms with Crippen LogP contribution in [-0.2, 0) is 4.79 Å². The molecule has 0 aliphatic heterocycles. The number of nitrogens with one attached hydrogen (secondary N) is 1. The lowest BCUT2D eigenvalue weighted by Crippen LogP contribution is -2.42. The molecule has 0 aliphatic rings. The quantitative estimate of drug-likeness (QED) is 0.843. The molecule has 0 radical (unpaired) electrons. The number of carboxylic acids is 1. The molecule has 0 saturated heterocycles. The SMILES string of the molecule is CC(NC(C(=O)O)c1ccccc1)C(C)(C)C. The van der Waals surface area contributed by atoms with E-state index in [4.69, 9.17) is 0 Å². The second-order valence-corrected chi connectivity index (χ2v) is 5.44. The molecule has 3 heteroatoms. The number of carbonyl (C=O) groups is 1. The van der Waals surface area contributed by atoms with E-state index < -0.39 is 12.0 Å². The van der Waals surface area contributed by atoms with Crippen LogP contribution < -0.4 is 5.32 Å². The van der Waals surface area contributed by atoms with Crippen LogP contribution in [0.2, 0.25) is 0 Å². The molecule has 1 rings (SSSR count). The van der Waals surface area contributed by atoms with Gasteiger partial charge in [0.05, 0.1) is 0 Å². The number of carboxylic acid groups (broad SMARTS) is 1. The zero-order chi connectivity index (χ0) is 13.1. The maximum atomic E-state index is 11.3. The molecule has 0 spiro atoms. The third-order valence-electron chi connectivity index (χ3n) is 3.10. The first-order valence-electron chi connectivity index (χ1n) is 5.86. The van der Waals surface area contributed by atoms with Gasteiger partial charge in [0, 0.05) is 6.04 Å². The minimum absolute atomic E-state index is 0.0302. The predicted octanol–water partition coefficient (Wildman–Crippen LogP) is 2.84. The van der Waals surface area contributed by atoms with Crippen molar-refractivity contribution in [2.45, 2.75) is 39.8 Å². The van der Waals surface area contributed by atoms with Crippen LogP contribution in [0.3, 0.4) is 0 Å². The van der Waals surface area contributed by atoms with E-state index in [-0.39, 0.29) is 11.5 Å². The summed E-state index contributed by atoms with van der Waals surface area (Å²) in [5, 5.41) is 12.5. The average molecular weight is 235 g/mol. The van der Waals surface area contributed by atoms with Gasteiger partial charge < -0.3 is 5.11 Å². The summed E-state index contributed by atoms with van der Waals surface area (Å²) < 4.78 is 0. The molecule has 1 aromatic rings. The van der Waals surface area contributed by atoms with E-state index in [1.54, 1.807) is 0 Å². The first kappa shape index (κ1) is 13.7. The Morgan fingerprint density at radius 2 is 1.76 bits per heavy atom. The van der Waals surface area contributed by atoms with Gasteiger partial charge in [-0.15, -0.1) is 0 Å². The highest BCUT2D eigenvalue weighted by atomic mass is 16.4. The Morgan fingerprint density at radius 3 is 2.18 bits per heavy atom. The Hall–Kier alpha value is -1.35. The van der Waals surface area contributed by atoms with Crippen LogP contribution in [0, 0.1) is 5.41 Å². The predicted molar refractivity (Wildman–Crippen MR) is 68.9 cm³/mol. The molecule has 2 N–H and O–H groups in total. The topological polar surface area (TPSA) is 49.3 Å². The lowest BCUT2D eigenvalue weighted by atomic mass is 9.87. The molecule has 0 bridgehead atoms. The van der Waals surface area contributed by atoms with Gasteiger partial charge in [0.25, 0.3) is 0 Å². The van der Waals surface area contributed by atoms with Crippen molar-refractivity contribution in [3.63, 3.8) is 0 Å². The van der Waals surface area contributed by atoms with E-state index in [1.807, 2.05) is 37.3 Å². The van der Waals surface area contributed by atoms with Gasteiger partial charge in [0.2, 0.25) is 0 Å². The summed E-state index contributed by atoms with van der Waals surface area (Å²) >= 11 is 0. The maximum absolute atomic E-state index is 11.3. The van der Waals surface area contributed by atoms with E-state index in [9.17, 15) is 9.90 Å². The average Bonchev–Trinajstić information content (AvgIpc) is 2.25. The highest BCUT2D eigenvalue weighted by Gasteiger charge is 2.27. The second-order valence-electron chi connectivity index (χ2n) is 5.44. The number of rotatable bonds is 4. The van der Waals surface area contributed by atoms with Crippen LogP contribution in [0.15, 0.2) is 30.3 Å². The monoisotopic (exact) mass is 235 g/mol. The minimum atomic E-state index is -0.840. The van der Waals surface area contributed by atoms with E-state index in [2.05, 4.69) is 26.1 Å². The molecule has 0 heterocycles. The largest absolute Gasteiger partial charge is 0.480 e. The number of benzene rings is 1. The highest BCUT2D eigenvalue weighted by Crippen LogP contribution is 2.22. The third-order valence-corrected chi connectivity index (χ3v) is 3.10. The fourth-order valence-corrected chi connectivity index (χ4v) is 1.46. The molecule has 0 aromatic heterocycles. The Morgan fingerprint density at radius 1 is 1.24 bits per heavy atom. The lowest BCUT2D eigenvalue weighted by molar-refractivity contribution is -0.140. The zero-order valence-corrected chi connectivity index (χ0v) is 10.9. The Balaban J connectivity index is 2.86. The van der Waals surface area contributed by atoms with Gasteiger partial charge >= 0.3 is 5.97 Å². The summed E-state index contributed by atoms with van der Waals surface area (Å²) in [6.07, 6.45) is 0. The zero-order valence-electron chi connectivity index (χ0n) is 10.9. The van der Waals surface area contributed by atoms with Crippen LogP contribution in [0.1, 0.15) is 39.3 Å². The van der Waals surface area contributed by atoms with Crippen molar-refractivity contribution >= 4 is 5.97 Å². The van der Waals surface area contributed by atoms with Crippen LogP contribution in [0.5, 0.6) is 0 Å². The first-order valence-corrected chi connectivity index (χ1v) is 5.86. The molecule has 0 amide bonds. The van der Waals surface area contributed by atoms with Gasteiger partial charge in [-0.1, -0.05) is 51.1 Å². The van der Waals surface area contributed by atoms with Crippen LogP contribution >= 0.6 is 0 Å². The molecular formula is C14H21NO2. The van der Waals surface area contributed by atoms with Crippen molar-refractivity contribution in [3.8, 4) is 0 Å².